The lowest BCUT2D eigenvalue weighted by Crippen LogP contribution is -2.23. The number of aromatic nitrogens is 2. The fraction of sp³-hybridized carbons (Fsp3) is 0.188. The van der Waals surface area contributed by atoms with Gasteiger partial charge in [-0.05, 0) is 60.4 Å². The summed E-state index contributed by atoms with van der Waals surface area (Å²) in [6, 6.07) is 12.8. The van der Waals surface area contributed by atoms with E-state index >= 15 is 0 Å². The molecule has 3 aromatic rings. The Balaban J connectivity index is 1.81. The number of carbonyl (C=O) groups excluding carboxylic acids is 1. The minimum absolute atomic E-state index is 0.0883. The van der Waals surface area contributed by atoms with Crippen molar-refractivity contribution >= 4 is 44.9 Å². The summed E-state index contributed by atoms with van der Waals surface area (Å²) >= 11 is 7.21. The van der Waals surface area contributed by atoms with Crippen molar-refractivity contribution in [3.8, 4) is 0 Å². The van der Waals surface area contributed by atoms with E-state index in [4.69, 9.17) is 17.3 Å². The molecular formula is C16H15ClN4OS. The number of hydrogen-bond acceptors (Lipinski definition) is 5. The summed E-state index contributed by atoms with van der Waals surface area (Å²) in [4.78, 5) is 12.6. The van der Waals surface area contributed by atoms with Gasteiger partial charge in [-0.3, -0.25) is 4.79 Å². The molecular weight excluding hydrogens is 332 g/mol. The molecule has 0 radical (unpaired) electrons. The average Bonchev–Trinajstić information content (AvgIpc) is 3.01. The van der Waals surface area contributed by atoms with Gasteiger partial charge >= 0.3 is 0 Å². The van der Waals surface area contributed by atoms with Gasteiger partial charge in [-0.2, -0.15) is 0 Å². The van der Waals surface area contributed by atoms with Crippen molar-refractivity contribution in [1.82, 2.24) is 9.59 Å². The molecule has 1 amide bonds. The molecule has 1 heterocycles. The molecule has 2 aromatic carbocycles. The highest BCUT2D eigenvalue weighted by molar-refractivity contribution is 7.12. The molecule has 1 atom stereocenters. The summed E-state index contributed by atoms with van der Waals surface area (Å²) in [5, 5.41) is 7.57. The van der Waals surface area contributed by atoms with E-state index in [9.17, 15) is 4.79 Å². The van der Waals surface area contributed by atoms with Crippen LogP contribution in [0.25, 0.3) is 10.2 Å². The lowest BCUT2D eigenvalue weighted by Gasteiger charge is -2.16. The van der Waals surface area contributed by atoms with Crippen LogP contribution < -0.4 is 11.1 Å². The van der Waals surface area contributed by atoms with Gasteiger partial charge in [0.05, 0.1) is 10.6 Å². The Morgan fingerprint density at radius 3 is 2.78 bits per heavy atom. The van der Waals surface area contributed by atoms with E-state index in [1.165, 1.54) is 11.5 Å². The maximum atomic E-state index is 12.6. The predicted molar refractivity (Wildman–Crippen MR) is 93.9 cm³/mol. The summed E-state index contributed by atoms with van der Waals surface area (Å²) in [5.41, 5.74) is 8.12. The first kappa shape index (κ1) is 15.9. The van der Waals surface area contributed by atoms with Crippen LogP contribution in [0, 0.1) is 0 Å². The van der Waals surface area contributed by atoms with Gasteiger partial charge in [0.1, 0.15) is 5.52 Å². The van der Waals surface area contributed by atoms with Crippen LogP contribution in [0.4, 0.5) is 5.69 Å². The molecule has 7 heteroatoms. The van der Waals surface area contributed by atoms with Gasteiger partial charge < -0.3 is 11.1 Å². The van der Waals surface area contributed by atoms with Crippen molar-refractivity contribution in [2.45, 2.75) is 12.3 Å². The fourth-order valence-corrected chi connectivity index (χ4v) is 3.12. The largest absolute Gasteiger partial charge is 0.330 e. The van der Waals surface area contributed by atoms with Crippen LogP contribution in [0.5, 0.6) is 0 Å². The minimum atomic E-state index is -0.312. The Morgan fingerprint density at radius 2 is 2.04 bits per heavy atom. The van der Waals surface area contributed by atoms with Crippen molar-refractivity contribution in [2.24, 2.45) is 5.73 Å². The molecule has 3 N–H and O–H groups in total. The van der Waals surface area contributed by atoms with Crippen LogP contribution in [0.1, 0.15) is 17.9 Å². The fourth-order valence-electron chi connectivity index (χ4n) is 2.40. The normalized spacial score (nSPS) is 12.3. The van der Waals surface area contributed by atoms with Crippen LogP contribution in [0.2, 0.25) is 5.02 Å². The van der Waals surface area contributed by atoms with Crippen molar-refractivity contribution in [3.63, 3.8) is 0 Å². The van der Waals surface area contributed by atoms with Gasteiger partial charge in [-0.1, -0.05) is 28.2 Å². The standard InChI is InChI=1S/C16H15ClN4OS/c17-11-3-1-10(2-4-11)13(7-8-18)16(22)19-12-5-6-14-15(9-12)23-21-20-14/h1-6,9,13H,7-8,18H2,(H,19,22). The van der Waals surface area contributed by atoms with Crippen LogP contribution in [0.3, 0.4) is 0 Å². The second-order valence-corrected chi connectivity index (χ2v) is 6.35. The van der Waals surface area contributed by atoms with Crippen LogP contribution in [0.15, 0.2) is 42.5 Å². The SMILES string of the molecule is NCCC(C(=O)Nc1ccc2nnsc2c1)c1ccc(Cl)cc1. The lowest BCUT2D eigenvalue weighted by molar-refractivity contribution is -0.117. The van der Waals surface area contributed by atoms with Gasteiger partial charge in [-0.15, -0.1) is 5.10 Å². The van der Waals surface area contributed by atoms with E-state index in [1.54, 1.807) is 12.1 Å². The first-order valence-corrected chi connectivity index (χ1v) is 8.31. The molecule has 1 unspecified atom stereocenters. The number of nitrogens with one attached hydrogen (secondary N) is 1. The summed E-state index contributed by atoms with van der Waals surface area (Å²) in [6.45, 7) is 0.429. The van der Waals surface area contributed by atoms with E-state index < -0.39 is 0 Å². The van der Waals surface area contributed by atoms with Crippen molar-refractivity contribution in [1.29, 1.82) is 0 Å². The number of carbonyl (C=O) groups is 1. The number of rotatable bonds is 5. The Hall–Kier alpha value is -2.02. The Kier molecular flexibility index (Phi) is 4.85. The zero-order chi connectivity index (χ0) is 16.2. The maximum Gasteiger partial charge on any atom is 0.231 e. The van der Waals surface area contributed by atoms with Crippen molar-refractivity contribution in [2.75, 3.05) is 11.9 Å². The van der Waals surface area contributed by atoms with E-state index in [0.29, 0.717) is 18.0 Å². The molecule has 5 nitrogen and oxygen atoms in total. The number of anilines is 1. The number of nitrogens with zero attached hydrogens (tertiary/aromatic N) is 2. The van der Waals surface area contributed by atoms with Crippen LogP contribution in [-0.2, 0) is 4.79 Å². The molecule has 0 fully saturated rings. The topological polar surface area (TPSA) is 80.9 Å². The molecule has 118 valence electrons. The average molecular weight is 347 g/mol. The highest BCUT2D eigenvalue weighted by atomic mass is 35.5. The van der Waals surface area contributed by atoms with E-state index in [0.717, 1.165) is 21.5 Å². The summed E-state index contributed by atoms with van der Waals surface area (Å²) < 4.78 is 4.83. The molecule has 0 bridgehead atoms. The number of halogens is 1. The third kappa shape index (κ3) is 3.67. The molecule has 0 aliphatic rings. The van der Waals surface area contributed by atoms with E-state index in [2.05, 4.69) is 14.9 Å². The number of hydrogen-bond donors (Lipinski definition) is 2. The number of fused-ring (bicyclic) bond motifs is 1. The molecule has 0 aliphatic carbocycles. The van der Waals surface area contributed by atoms with E-state index in [-0.39, 0.29) is 11.8 Å². The highest BCUT2D eigenvalue weighted by Gasteiger charge is 2.20. The van der Waals surface area contributed by atoms with Gasteiger partial charge in [0.2, 0.25) is 5.91 Å². The van der Waals surface area contributed by atoms with Gasteiger partial charge in [0.25, 0.3) is 0 Å². The summed E-state index contributed by atoms with van der Waals surface area (Å²) in [6.07, 6.45) is 0.567. The molecule has 0 saturated carbocycles. The monoisotopic (exact) mass is 346 g/mol. The Bertz CT molecular complexity index is 818. The van der Waals surface area contributed by atoms with Gasteiger partial charge in [0, 0.05) is 10.7 Å². The Labute approximate surface area is 142 Å². The molecule has 0 saturated heterocycles. The van der Waals surface area contributed by atoms with Gasteiger partial charge in [0.15, 0.2) is 0 Å². The summed E-state index contributed by atoms with van der Waals surface area (Å²) in [5.74, 6) is -0.401. The number of amides is 1. The van der Waals surface area contributed by atoms with Crippen molar-refractivity contribution in [3.05, 3.63) is 53.1 Å². The first-order valence-electron chi connectivity index (χ1n) is 7.16. The number of nitrogens with two attached hydrogens (primary N) is 1. The smallest absolute Gasteiger partial charge is 0.231 e. The molecule has 1 aromatic heterocycles. The minimum Gasteiger partial charge on any atom is -0.330 e. The quantitative estimate of drug-likeness (QED) is 0.741. The molecule has 0 spiro atoms. The zero-order valence-electron chi connectivity index (χ0n) is 12.2. The highest BCUT2D eigenvalue weighted by Crippen LogP contribution is 2.25. The predicted octanol–water partition coefficient (Wildman–Crippen LogP) is 3.42. The maximum absolute atomic E-state index is 12.6. The van der Waals surface area contributed by atoms with Crippen LogP contribution in [-0.4, -0.2) is 22.0 Å². The second-order valence-electron chi connectivity index (χ2n) is 5.13. The zero-order valence-corrected chi connectivity index (χ0v) is 13.8. The lowest BCUT2D eigenvalue weighted by atomic mass is 9.94. The number of benzene rings is 2. The summed E-state index contributed by atoms with van der Waals surface area (Å²) in [7, 11) is 0. The third-order valence-electron chi connectivity index (χ3n) is 3.56. The van der Waals surface area contributed by atoms with Crippen molar-refractivity contribution < 1.29 is 4.79 Å². The third-order valence-corrected chi connectivity index (χ3v) is 4.50. The van der Waals surface area contributed by atoms with E-state index in [1.807, 2.05) is 30.3 Å². The Morgan fingerprint density at radius 1 is 1.26 bits per heavy atom. The molecule has 0 aliphatic heterocycles. The molecule has 3 rings (SSSR count). The first-order chi connectivity index (χ1) is 11.2. The van der Waals surface area contributed by atoms with Gasteiger partial charge in [-0.25, -0.2) is 0 Å². The van der Waals surface area contributed by atoms with Crippen LogP contribution >= 0.6 is 23.1 Å². The molecule has 23 heavy (non-hydrogen) atoms. The second kappa shape index (κ2) is 7.04.